The van der Waals surface area contributed by atoms with E-state index in [2.05, 4.69) is 12.2 Å². The fraction of sp³-hybridized carbons (Fsp3) is 0.611. The van der Waals surface area contributed by atoms with E-state index in [0.29, 0.717) is 19.4 Å². The van der Waals surface area contributed by atoms with Gasteiger partial charge in [0.2, 0.25) is 15.9 Å². The molecule has 1 aromatic carbocycles. The predicted molar refractivity (Wildman–Crippen MR) is 97.1 cm³/mol. The first-order chi connectivity index (χ1) is 11.4. The molecule has 24 heavy (non-hydrogen) atoms. The van der Waals surface area contributed by atoms with Crippen LogP contribution in [0.4, 0.5) is 0 Å². The maximum atomic E-state index is 11.7. The van der Waals surface area contributed by atoms with Crippen LogP contribution in [0.25, 0.3) is 0 Å². The van der Waals surface area contributed by atoms with Crippen LogP contribution in [0.15, 0.2) is 29.2 Å². The van der Waals surface area contributed by atoms with E-state index in [0.717, 1.165) is 18.4 Å². The van der Waals surface area contributed by atoms with Crippen molar-refractivity contribution in [3.8, 4) is 0 Å². The van der Waals surface area contributed by atoms with Crippen LogP contribution in [0.5, 0.6) is 0 Å². The third-order valence-electron chi connectivity index (χ3n) is 4.00. The first-order valence-corrected chi connectivity index (χ1v) is 10.4. The smallest absolute Gasteiger partial charge is 0.238 e. The molecule has 1 rings (SSSR count). The molecule has 0 fully saturated rings. The predicted octanol–water partition coefficient (Wildman–Crippen LogP) is 3.13. The normalized spacial score (nSPS) is 11.4. The molecular weight excluding hydrogens is 324 g/mol. The van der Waals surface area contributed by atoms with E-state index in [1.165, 1.54) is 44.2 Å². The number of unbranched alkanes of at least 4 members (excludes halogenated alkanes) is 6. The minimum atomic E-state index is -3.64. The van der Waals surface area contributed by atoms with Gasteiger partial charge in [-0.05, 0) is 30.5 Å². The third-order valence-corrected chi connectivity index (χ3v) is 4.92. The van der Waals surface area contributed by atoms with Crippen LogP contribution in [0.2, 0.25) is 0 Å². The second kappa shape index (κ2) is 11.2. The Bertz CT molecular complexity index is 583. The average Bonchev–Trinajstić information content (AvgIpc) is 2.54. The second-order valence-electron chi connectivity index (χ2n) is 6.16. The van der Waals surface area contributed by atoms with Gasteiger partial charge in [-0.15, -0.1) is 0 Å². The van der Waals surface area contributed by atoms with Gasteiger partial charge in [0, 0.05) is 13.0 Å². The minimum absolute atomic E-state index is 0.0877. The Morgan fingerprint density at radius 2 is 1.58 bits per heavy atom. The zero-order valence-corrected chi connectivity index (χ0v) is 15.4. The first-order valence-electron chi connectivity index (χ1n) is 8.82. The largest absolute Gasteiger partial charge is 0.356 e. The van der Waals surface area contributed by atoms with E-state index in [9.17, 15) is 13.2 Å². The molecule has 0 spiro atoms. The Hall–Kier alpha value is -1.40. The quantitative estimate of drug-likeness (QED) is 0.565. The fourth-order valence-corrected chi connectivity index (χ4v) is 3.04. The zero-order chi connectivity index (χ0) is 17.8. The first kappa shape index (κ1) is 20.6. The van der Waals surface area contributed by atoms with E-state index in [1.807, 2.05) is 0 Å². The minimum Gasteiger partial charge on any atom is -0.356 e. The number of benzene rings is 1. The highest BCUT2D eigenvalue weighted by molar-refractivity contribution is 7.89. The molecule has 1 amide bonds. The molecule has 136 valence electrons. The van der Waals surface area contributed by atoms with E-state index < -0.39 is 10.0 Å². The summed E-state index contributed by atoms with van der Waals surface area (Å²) >= 11 is 0. The van der Waals surface area contributed by atoms with Crippen molar-refractivity contribution in [2.75, 3.05) is 6.54 Å². The van der Waals surface area contributed by atoms with Crippen molar-refractivity contribution in [1.29, 1.82) is 0 Å². The highest BCUT2D eigenvalue weighted by Crippen LogP contribution is 2.10. The lowest BCUT2D eigenvalue weighted by Crippen LogP contribution is -2.25. The van der Waals surface area contributed by atoms with Crippen LogP contribution in [-0.2, 0) is 21.2 Å². The summed E-state index contributed by atoms with van der Waals surface area (Å²) in [5.41, 5.74) is 0.971. The Kier molecular flexibility index (Phi) is 9.64. The summed E-state index contributed by atoms with van der Waals surface area (Å²) in [5, 5.41) is 7.96. The van der Waals surface area contributed by atoms with Crippen molar-refractivity contribution >= 4 is 15.9 Å². The zero-order valence-electron chi connectivity index (χ0n) is 14.6. The maximum Gasteiger partial charge on any atom is 0.238 e. The molecule has 0 aliphatic rings. The second-order valence-corrected chi connectivity index (χ2v) is 7.72. The van der Waals surface area contributed by atoms with Gasteiger partial charge in [-0.1, -0.05) is 57.6 Å². The summed E-state index contributed by atoms with van der Waals surface area (Å²) in [6.45, 7) is 2.77. The van der Waals surface area contributed by atoms with Crippen molar-refractivity contribution in [3.63, 3.8) is 0 Å². The number of nitrogens with two attached hydrogens (primary N) is 1. The molecule has 0 unspecified atom stereocenters. The Labute approximate surface area is 146 Å². The van der Waals surface area contributed by atoms with Gasteiger partial charge in [-0.25, -0.2) is 13.6 Å². The van der Waals surface area contributed by atoms with Gasteiger partial charge in [0.25, 0.3) is 0 Å². The molecule has 0 aliphatic heterocycles. The number of carbonyl (C=O) groups excluding carboxylic acids is 1. The van der Waals surface area contributed by atoms with Crippen LogP contribution in [0, 0.1) is 0 Å². The number of primary sulfonamides is 1. The number of rotatable bonds is 12. The van der Waals surface area contributed by atoms with E-state index in [1.54, 1.807) is 12.1 Å². The summed E-state index contributed by atoms with van der Waals surface area (Å²) in [6.07, 6.45) is 9.66. The van der Waals surface area contributed by atoms with Gasteiger partial charge in [-0.2, -0.15) is 0 Å². The SMILES string of the molecule is CCCCCCCCCC(=O)NCCc1ccc(S(N)(=O)=O)cc1. The number of carbonyl (C=O) groups is 1. The molecule has 0 heterocycles. The Balaban J connectivity index is 2.13. The lowest BCUT2D eigenvalue weighted by Gasteiger charge is -2.06. The topological polar surface area (TPSA) is 89.3 Å². The van der Waals surface area contributed by atoms with Crippen LogP contribution in [0.3, 0.4) is 0 Å². The van der Waals surface area contributed by atoms with E-state index in [4.69, 9.17) is 5.14 Å². The molecule has 0 atom stereocenters. The Morgan fingerprint density at radius 1 is 1.00 bits per heavy atom. The molecule has 0 aromatic heterocycles. The van der Waals surface area contributed by atoms with Gasteiger partial charge in [0.1, 0.15) is 0 Å². The molecule has 0 saturated carbocycles. The number of amides is 1. The van der Waals surface area contributed by atoms with Crippen molar-refractivity contribution in [2.45, 2.75) is 69.6 Å². The number of sulfonamides is 1. The molecule has 6 heteroatoms. The highest BCUT2D eigenvalue weighted by atomic mass is 32.2. The van der Waals surface area contributed by atoms with Crippen LogP contribution >= 0.6 is 0 Å². The van der Waals surface area contributed by atoms with Crippen molar-refractivity contribution < 1.29 is 13.2 Å². The number of nitrogens with one attached hydrogen (secondary N) is 1. The van der Waals surface area contributed by atoms with Crippen LogP contribution in [-0.4, -0.2) is 20.9 Å². The van der Waals surface area contributed by atoms with Gasteiger partial charge in [0.05, 0.1) is 4.90 Å². The standard InChI is InChI=1S/C18H30N2O3S/c1-2-3-4-5-6-7-8-9-18(21)20-15-14-16-10-12-17(13-11-16)24(19,22)23/h10-13H,2-9,14-15H2,1H3,(H,20,21)(H2,19,22,23). The molecule has 0 radical (unpaired) electrons. The lowest BCUT2D eigenvalue weighted by atomic mass is 10.1. The Morgan fingerprint density at radius 3 is 2.17 bits per heavy atom. The van der Waals surface area contributed by atoms with Gasteiger partial charge < -0.3 is 5.32 Å². The average molecular weight is 355 g/mol. The van der Waals surface area contributed by atoms with Crippen LogP contribution in [0.1, 0.15) is 63.9 Å². The molecule has 3 N–H and O–H groups in total. The van der Waals surface area contributed by atoms with Crippen molar-refractivity contribution in [3.05, 3.63) is 29.8 Å². The van der Waals surface area contributed by atoms with E-state index >= 15 is 0 Å². The molecule has 5 nitrogen and oxygen atoms in total. The summed E-state index contributed by atoms with van der Waals surface area (Å²) in [6, 6.07) is 6.43. The van der Waals surface area contributed by atoms with Crippen molar-refractivity contribution in [2.24, 2.45) is 5.14 Å². The summed E-state index contributed by atoms with van der Waals surface area (Å²) in [4.78, 5) is 11.9. The van der Waals surface area contributed by atoms with E-state index in [-0.39, 0.29) is 10.8 Å². The number of hydrogen-bond donors (Lipinski definition) is 2. The summed E-state index contributed by atoms with van der Waals surface area (Å²) in [5.74, 6) is 0.0877. The summed E-state index contributed by atoms with van der Waals surface area (Å²) in [7, 11) is -3.64. The van der Waals surface area contributed by atoms with Gasteiger partial charge >= 0.3 is 0 Å². The molecule has 0 saturated heterocycles. The molecule has 0 bridgehead atoms. The lowest BCUT2D eigenvalue weighted by molar-refractivity contribution is -0.121. The monoisotopic (exact) mass is 354 g/mol. The van der Waals surface area contributed by atoms with Crippen LogP contribution < -0.4 is 10.5 Å². The van der Waals surface area contributed by atoms with Gasteiger partial charge in [-0.3, -0.25) is 4.79 Å². The molecule has 1 aromatic rings. The van der Waals surface area contributed by atoms with Crippen molar-refractivity contribution in [1.82, 2.24) is 5.32 Å². The van der Waals surface area contributed by atoms with Gasteiger partial charge in [0.15, 0.2) is 0 Å². The molecule has 0 aliphatic carbocycles. The number of hydrogen-bond acceptors (Lipinski definition) is 3. The fourth-order valence-electron chi connectivity index (χ4n) is 2.52. The maximum absolute atomic E-state index is 11.7. The third kappa shape index (κ3) is 9.03. The highest BCUT2D eigenvalue weighted by Gasteiger charge is 2.07. The molecular formula is C18H30N2O3S. The summed E-state index contributed by atoms with van der Waals surface area (Å²) < 4.78 is 22.3.